The number of piperidine rings is 1. The summed E-state index contributed by atoms with van der Waals surface area (Å²) < 4.78 is 0. The lowest BCUT2D eigenvalue weighted by Gasteiger charge is -2.32. The minimum atomic E-state index is -0.654. The van der Waals surface area contributed by atoms with Gasteiger partial charge in [0.2, 0.25) is 5.91 Å². The first-order valence-corrected chi connectivity index (χ1v) is 11.2. The molecule has 32 heavy (non-hydrogen) atoms. The SMILES string of the molecule is CC(=O)N1CCC(Nc2cc(C(=O)NC[C@H](O)CN3CCc4[nH]ncc4C3)ccn2)CC1. The largest absolute Gasteiger partial charge is 0.390 e. The summed E-state index contributed by atoms with van der Waals surface area (Å²) in [5.74, 6) is 0.509. The van der Waals surface area contributed by atoms with Crippen LogP contribution in [0.25, 0.3) is 0 Å². The van der Waals surface area contributed by atoms with E-state index in [-0.39, 0.29) is 24.4 Å². The molecule has 1 saturated heterocycles. The molecule has 172 valence electrons. The number of β-amino-alcohol motifs (C(OH)–C–C–N with tert-alkyl or cyclic N) is 1. The molecule has 2 aliphatic rings. The highest BCUT2D eigenvalue weighted by Crippen LogP contribution is 2.17. The molecule has 0 bridgehead atoms. The van der Waals surface area contributed by atoms with E-state index < -0.39 is 6.10 Å². The number of aliphatic hydroxyl groups excluding tert-OH is 1. The zero-order chi connectivity index (χ0) is 22.5. The van der Waals surface area contributed by atoms with Gasteiger partial charge in [0, 0.05) is 81.7 Å². The highest BCUT2D eigenvalue weighted by molar-refractivity contribution is 5.94. The van der Waals surface area contributed by atoms with Gasteiger partial charge in [-0.3, -0.25) is 19.6 Å². The molecule has 1 fully saturated rings. The van der Waals surface area contributed by atoms with Crippen LogP contribution >= 0.6 is 0 Å². The summed E-state index contributed by atoms with van der Waals surface area (Å²) in [7, 11) is 0. The van der Waals surface area contributed by atoms with E-state index in [0.717, 1.165) is 56.7 Å². The van der Waals surface area contributed by atoms with E-state index in [2.05, 4.69) is 30.7 Å². The van der Waals surface area contributed by atoms with Gasteiger partial charge in [-0.25, -0.2) is 4.98 Å². The number of nitrogens with one attached hydrogen (secondary N) is 3. The van der Waals surface area contributed by atoms with Gasteiger partial charge < -0.3 is 20.6 Å². The molecule has 0 radical (unpaired) electrons. The van der Waals surface area contributed by atoms with Crippen LogP contribution in [-0.4, -0.2) is 86.8 Å². The number of fused-ring (bicyclic) bond motifs is 1. The number of amides is 2. The Labute approximate surface area is 187 Å². The molecule has 0 spiro atoms. The third-order valence-corrected chi connectivity index (χ3v) is 6.16. The topological polar surface area (TPSA) is 126 Å². The lowest BCUT2D eigenvalue weighted by atomic mass is 10.0. The maximum atomic E-state index is 12.6. The van der Waals surface area contributed by atoms with E-state index in [1.807, 2.05) is 11.1 Å². The third kappa shape index (κ3) is 5.63. The Kier molecular flexibility index (Phi) is 7.01. The van der Waals surface area contributed by atoms with Crippen LogP contribution in [0.1, 0.15) is 41.4 Å². The summed E-state index contributed by atoms with van der Waals surface area (Å²) in [6.07, 6.45) is 5.36. The molecule has 4 rings (SSSR count). The van der Waals surface area contributed by atoms with Crippen LogP contribution in [0.2, 0.25) is 0 Å². The van der Waals surface area contributed by atoms with E-state index in [0.29, 0.717) is 17.9 Å². The van der Waals surface area contributed by atoms with Crippen molar-refractivity contribution >= 4 is 17.6 Å². The summed E-state index contributed by atoms with van der Waals surface area (Å²) in [6, 6.07) is 3.61. The van der Waals surface area contributed by atoms with Crippen molar-refractivity contribution < 1.29 is 14.7 Å². The van der Waals surface area contributed by atoms with E-state index in [1.165, 1.54) is 0 Å². The molecule has 0 aromatic carbocycles. The number of aromatic nitrogens is 3. The van der Waals surface area contributed by atoms with Crippen molar-refractivity contribution in [1.82, 2.24) is 30.3 Å². The molecule has 0 unspecified atom stereocenters. The van der Waals surface area contributed by atoms with Crippen molar-refractivity contribution in [2.45, 2.75) is 44.9 Å². The fourth-order valence-electron chi connectivity index (χ4n) is 4.31. The summed E-state index contributed by atoms with van der Waals surface area (Å²) in [6.45, 7) is 5.33. The zero-order valence-electron chi connectivity index (χ0n) is 18.4. The average molecular weight is 442 g/mol. The van der Waals surface area contributed by atoms with Gasteiger partial charge in [0.15, 0.2) is 0 Å². The number of H-pyrrole nitrogens is 1. The average Bonchev–Trinajstić information content (AvgIpc) is 3.26. The minimum Gasteiger partial charge on any atom is -0.390 e. The fourth-order valence-corrected chi connectivity index (χ4v) is 4.31. The number of likely N-dealkylation sites (tertiary alicyclic amines) is 1. The second-order valence-electron chi connectivity index (χ2n) is 8.58. The molecule has 2 aromatic heterocycles. The maximum absolute atomic E-state index is 12.6. The van der Waals surface area contributed by atoms with Crippen molar-refractivity contribution in [3.8, 4) is 0 Å². The summed E-state index contributed by atoms with van der Waals surface area (Å²) in [5, 5.41) is 23.7. The number of pyridine rings is 1. The predicted octanol–water partition coefficient (Wildman–Crippen LogP) is 0.377. The number of rotatable bonds is 7. The van der Waals surface area contributed by atoms with Gasteiger partial charge in [-0.05, 0) is 25.0 Å². The third-order valence-electron chi connectivity index (χ3n) is 6.16. The first-order valence-electron chi connectivity index (χ1n) is 11.2. The number of nitrogens with zero attached hydrogens (tertiary/aromatic N) is 4. The molecule has 4 N–H and O–H groups in total. The number of aromatic amines is 1. The summed E-state index contributed by atoms with van der Waals surface area (Å²) in [5.41, 5.74) is 2.82. The Morgan fingerprint density at radius 2 is 2.12 bits per heavy atom. The standard InChI is InChI=1S/C22H31N7O3/c1-15(30)29-8-3-18(4-9-29)26-21-10-16(2-6-23-21)22(32)24-12-19(31)14-28-7-5-20-17(13-28)11-25-27-20/h2,6,10-11,18-19,31H,3-5,7-9,12-14H2,1H3,(H,23,26)(H,24,32)(H,25,27)/t19-/m0/s1. The molecular formula is C22H31N7O3. The van der Waals surface area contributed by atoms with Crippen LogP contribution in [0.15, 0.2) is 24.5 Å². The maximum Gasteiger partial charge on any atom is 0.251 e. The molecule has 4 heterocycles. The van der Waals surface area contributed by atoms with Crippen LogP contribution in [0.5, 0.6) is 0 Å². The van der Waals surface area contributed by atoms with Crippen molar-refractivity contribution in [3.63, 3.8) is 0 Å². The van der Waals surface area contributed by atoms with Crippen LogP contribution < -0.4 is 10.6 Å². The molecule has 10 heteroatoms. The van der Waals surface area contributed by atoms with Gasteiger partial charge >= 0.3 is 0 Å². The number of aliphatic hydroxyl groups is 1. The van der Waals surface area contributed by atoms with Crippen molar-refractivity contribution in [2.24, 2.45) is 0 Å². The Morgan fingerprint density at radius 1 is 1.31 bits per heavy atom. The summed E-state index contributed by atoms with van der Waals surface area (Å²) in [4.78, 5) is 32.4. The first-order chi connectivity index (χ1) is 15.5. The Morgan fingerprint density at radius 3 is 2.91 bits per heavy atom. The van der Waals surface area contributed by atoms with Gasteiger partial charge in [-0.15, -0.1) is 0 Å². The van der Waals surface area contributed by atoms with E-state index in [9.17, 15) is 14.7 Å². The molecule has 2 aromatic rings. The zero-order valence-corrected chi connectivity index (χ0v) is 18.4. The van der Waals surface area contributed by atoms with Crippen LogP contribution in [-0.2, 0) is 17.8 Å². The lowest BCUT2D eigenvalue weighted by Crippen LogP contribution is -2.42. The number of hydrogen-bond acceptors (Lipinski definition) is 7. The Hall–Kier alpha value is -2.98. The highest BCUT2D eigenvalue weighted by Gasteiger charge is 2.22. The van der Waals surface area contributed by atoms with E-state index in [1.54, 1.807) is 25.3 Å². The lowest BCUT2D eigenvalue weighted by molar-refractivity contribution is -0.129. The van der Waals surface area contributed by atoms with Gasteiger partial charge in [-0.1, -0.05) is 0 Å². The molecule has 2 amide bonds. The number of carbonyl (C=O) groups excluding carboxylic acids is 2. The van der Waals surface area contributed by atoms with Crippen LogP contribution in [0.3, 0.4) is 0 Å². The minimum absolute atomic E-state index is 0.106. The number of carbonyl (C=O) groups is 2. The first kappa shape index (κ1) is 22.2. The Balaban J connectivity index is 1.23. The molecular weight excluding hydrogens is 410 g/mol. The van der Waals surface area contributed by atoms with Crippen molar-refractivity contribution in [3.05, 3.63) is 41.3 Å². The molecule has 0 saturated carbocycles. The molecule has 1 atom stereocenters. The predicted molar refractivity (Wildman–Crippen MR) is 119 cm³/mol. The molecule has 0 aliphatic carbocycles. The van der Waals surface area contributed by atoms with Gasteiger partial charge in [0.25, 0.3) is 5.91 Å². The molecule has 2 aliphatic heterocycles. The van der Waals surface area contributed by atoms with E-state index in [4.69, 9.17) is 0 Å². The highest BCUT2D eigenvalue weighted by atomic mass is 16.3. The quantitative estimate of drug-likeness (QED) is 0.489. The van der Waals surface area contributed by atoms with Gasteiger partial charge in [-0.2, -0.15) is 5.10 Å². The van der Waals surface area contributed by atoms with Crippen molar-refractivity contribution in [1.29, 1.82) is 0 Å². The Bertz CT molecular complexity index is 939. The van der Waals surface area contributed by atoms with Gasteiger partial charge in [0.1, 0.15) is 5.82 Å². The monoisotopic (exact) mass is 441 g/mol. The number of anilines is 1. The van der Waals surface area contributed by atoms with Crippen LogP contribution in [0.4, 0.5) is 5.82 Å². The van der Waals surface area contributed by atoms with Crippen molar-refractivity contribution in [2.75, 3.05) is 38.0 Å². The smallest absolute Gasteiger partial charge is 0.251 e. The van der Waals surface area contributed by atoms with Gasteiger partial charge in [0.05, 0.1) is 12.3 Å². The summed E-state index contributed by atoms with van der Waals surface area (Å²) >= 11 is 0. The van der Waals surface area contributed by atoms with Crippen LogP contribution in [0, 0.1) is 0 Å². The fraction of sp³-hybridized carbons (Fsp3) is 0.545. The molecule has 10 nitrogen and oxygen atoms in total. The van der Waals surface area contributed by atoms with E-state index >= 15 is 0 Å². The normalized spacial score (nSPS) is 18.1. The second kappa shape index (κ2) is 10.1. The second-order valence-corrected chi connectivity index (χ2v) is 8.58. The number of hydrogen-bond donors (Lipinski definition) is 4.